The standard InChI is InChI=1S/C20H14F2N4O4/c21-20(22)29-14-3-2-11(8-15(14)30-20)19(4-5-19)10-13(27)12-9-16(28)26-18(25-12)17-23-6-1-7-24-17/h1-3,6-9H,4-5,10H2,(H,25,26,28). The highest BCUT2D eigenvalue weighted by atomic mass is 19.3. The van der Waals surface area contributed by atoms with Crippen LogP contribution >= 0.6 is 0 Å². The van der Waals surface area contributed by atoms with Crippen molar-refractivity contribution in [3.63, 3.8) is 0 Å². The van der Waals surface area contributed by atoms with E-state index in [2.05, 4.69) is 29.4 Å². The van der Waals surface area contributed by atoms with Crippen molar-refractivity contribution in [1.29, 1.82) is 0 Å². The number of carbonyl (C=O) groups is 1. The van der Waals surface area contributed by atoms with Crippen molar-refractivity contribution in [2.45, 2.75) is 31.0 Å². The van der Waals surface area contributed by atoms with Crippen molar-refractivity contribution in [2.24, 2.45) is 0 Å². The normalized spacial score (nSPS) is 17.5. The number of halogens is 2. The number of ketones is 1. The number of aromatic nitrogens is 4. The summed E-state index contributed by atoms with van der Waals surface area (Å²) in [6.45, 7) is 0. The zero-order valence-electron chi connectivity index (χ0n) is 15.4. The largest absolute Gasteiger partial charge is 0.586 e. The van der Waals surface area contributed by atoms with Crippen molar-refractivity contribution in [1.82, 2.24) is 19.9 Å². The van der Waals surface area contributed by atoms with E-state index in [9.17, 15) is 18.4 Å². The van der Waals surface area contributed by atoms with Gasteiger partial charge in [0.25, 0.3) is 5.56 Å². The van der Waals surface area contributed by atoms with Crippen LogP contribution < -0.4 is 15.0 Å². The summed E-state index contributed by atoms with van der Waals surface area (Å²) in [5, 5.41) is 0. The van der Waals surface area contributed by atoms with Gasteiger partial charge in [-0.25, -0.2) is 15.0 Å². The van der Waals surface area contributed by atoms with E-state index in [1.165, 1.54) is 24.5 Å². The number of hydrogen-bond donors (Lipinski definition) is 1. The lowest BCUT2D eigenvalue weighted by Gasteiger charge is -2.15. The van der Waals surface area contributed by atoms with Gasteiger partial charge in [0.2, 0.25) is 0 Å². The topological polar surface area (TPSA) is 107 Å². The number of alkyl halides is 2. The summed E-state index contributed by atoms with van der Waals surface area (Å²) in [6.07, 6.45) is 0.782. The van der Waals surface area contributed by atoms with E-state index in [4.69, 9.17) is 0 Å². The minimum Gasteiger partial charge on any atom is -0.395 e. The molecule has 1 aliphatic heterocycles. The lowest BCUT2D eigenvalue weighted by molar-refractivity contribution is -0.286. The van der Waals surface area contributed by atoms with Crippen molar-refractivity contribution in [3.8, 4) is 23.1 Å². The molecule has 2 aliphatic rings. The lowest BCUT2D eigenvalue weighted by Crippen LogP contribution is -2.25. The Morgan fingerprint density at radius 2 is 1.83 bits per heavy atom. The molecular weight excluding hydrogens is 398 g/mol. The highest BCUT2D eigenvalue weighted by Crippen LogP contribution is 2.54. The molecule has 1 aliphatic carbocycles. The Hall–Kier alpha value is -3.69. The third kappa shape index (κ3) is 3.30. The van der Waals surface area contributed by atoms with Gasteiger partial charge in [0.1, 0.15) is 5.69 Å². The Bertz CT molecular complexity index is 1210. The average Bonchev–Trinajstić information content (AvgIpc) is 3.42. The summed E-state index contributed by atoms with van der Waals surface area (Å²) in [7, 11) is 0. The van der Waals surface area contributed by atoms with E-state index in [0.717, 1.165) is 6.07 Å². The molecule has 0 unspecified atom stereocenters. The second-order valence-corrected chi connectivity index (χ2v) is 7.26. The number of carbonyl (C=O) groups excluding carboxylic acids is 1. The summed E-state index contributed by atoms with van der Waals surface area (Å²) < 4.78 is 35.5. The Labute approximate surface area is 167 Å². The zero-order chi connectivity index (χ0) is 20.9. The highest BCUT2D eigenvalue weighted by molar-refractivity contribution is 5.95. The van der Waals surface area contributed by atoms with Crippen LogP contribution in [0.2, 0.25) is 0 Å². The second kappa shape index (κ2) is 6.41. The van der Waals surface area contributed by atoms with Gasteiger partial charge in [-0.3, -0.25) is 9.59 Å². The third-order valence-electron chi connectivity index (χ3n) is 5.17. The van der Waals surface area contributed by atoms with Crippen molar-refractivity contribution < 1.29 is 23.0 Å². The van der Waals surface area contributed by atoms with E-state index in [-0.39, 0.29) is 41.0 Å². The summed E-state index contributed by atoms with van der Waals surface area (Å²) in [6, 6.07) is 7.29. The number of benzene rings is 1. The lowest BCUT2D eigenvalue weighted by atomic mass is 9.89. The summed E-state index contributed by atoms with van der Waals surface area (Å²) >= 11 is 0. The Kier molecular flexibility index (Phi) is 3.92. The monoisotopic (exact) mass is 412 g/mol. The number of aromatic amines is 1. The molecule has 0 bridgehead atoms. The molecule has 1 saturated carbocycles. The molecule has 3 aromatic rings. The number of nitrogens with one attached hydrogen (secondary N) is 1. The fourth-order valence-electron chi connectivity index (χ4n) is 3.52. The van der Waals surface area contributed by atoms with Crippen molar-refractivity contribution in [2.75, 3.05) is 0 Å². The van der Waals surface area contributed by atoms with E-state index in [1.54, 1.807) is 12.1 Å². The molecule has 0 atom stereocenters. The molecule has 5 rings (SSSR count). The second-order valence-electron chi connectivity index (χ2n) is 7.26. The smallest absolute Gasteiger partial charge is 0.395 e. The molecule has 152 valence electrons. The first-order valence-corrected chi connectivity index (χ1v) is 9.16. The molecule has 1 N–H and O–H groups in total. The minimum atomic E-state index is -3.70. The SMILES string of the molecule is O=C(CC1(c2ccc3c(c2)OC(F)(F)O3)CC1)c1cc(=O)[nH]c(-c2ncccn2)n1. The summed E-state index contributed by atoms with van der Waals surface area (Å²) in [5.41, 5.74) is -0.306. The van der Waals surface area contributed by atoms with E-state index >= 15 is 0 Å². The maximum Gasteiger partial charge on any atom is 0.586 e. The van der Waals surface area contributed by atoms with Crippen LogP contribution in [-0.4, -0.2) is 32.0 Å². The van der Waals surface area contributed by atoms with Crippen molar-refractivity contribution >= 4 is 5.78 Å². The highest BCUT2D eigenvalue weighted by Gasteiger charge is 2.48. The third-order valence-corrected chi connectivity index (χ3v) is 5.17. The van der Waals surface area contributed by atoms with Gasteiger partial charge in [0.15, 0.2) is 28.9 Å². The summed E-state index contributed by atoms with van der Waals surface area (Å²) in [5.74, 6) is -0.147. The van der Waals surface area contributed by atoms with Crippen LogP contribution in [-0.2, 0) is 5.41 Å². The predicted octanol–water partition coefficient (Wildman–Crippen LogP) is 2.85. The molecule has 0 spiro atoms. The predicted molar refractivity (Wildman–Crippen MR) is 98.4 cm³/mol. The first kappa shape index (κ1) is 18.3. The molecule has 2 aromatic heterocycles. The Morgan fingerprint density at radius 3 is 2.57 bits per heavy atom. The molecule has 0 amide bonds. The van der Waals surface area contributed by atoms with Crippen LogP contribution in [0.25, 0.3) is 11.6 Å². The molecule has 3 heterocycles. The number of hydrogen-bond acceptors (Lipinski definition) is 7. The molecule has 30 heavy (non-hydrogen) atoms. The number of Topliss-reactive ketones (excluding diaryl/α,β-unsaturated/α-hetero) is 1. The van der Waals surface area contributed by atoms with Crippen molar-refractivity contribution in [3.05, 3.63) is 64.3 Å². The van der Waals surface area contributed by atoms with Gasteiger partial charge in [-0.05, 0) is 36.6 Å². The van der Waals surface area contributed by atoms with Gasteiger partial charge >= 0.3 is 6.29 Å². The van der Waals surface area contributed by atoms with E-state index < -0.39 is 17.3 Å². The zero-order valence-corrected chi connectivity index (χ0v) is 15.4. The number of H-pyrrole nitrogens is 1. The van der Waals surface area contributed by atoms with Gasteiger partial charge in [-0.1, -0.05) is 6.07 Å². The Morgan fingerprint density at radius 1 is 1.10 bits per heavy atom. The number of rotatable bonds is 5. The molecule has 1 fully saturated rings. The molecular formula is C20H14F2N4O4. The van der Waals surface area contributed by atoms with Gasteiger partial charge in [0.05, 0.1) is 0 Å². The van der Waals surface area contributed by atoms with Crippen LogP contribution in [0, 0.1) is 0 Å². The van der Waals surface area contributed by atoms with Crippen LogP contribution in [0.4, 0.5) is 8.78 Å². The minimum absolute atomic E-state index is 0.000227. The molecule has 8 nitrogen and oxygen atoms in total. The maximum atomic E-state index is 13.3. The van der Waals surface area contributed by atoms with Gasteiger partial charge < -0.3 is 14.5 Å². The molecule has 10 heteroatoms. The first-order chi connectivity index (χ1) is 14.3. The molecule has 0 radical (unpaired) electrons. The first-order valence-electron chi connectivity index (χ1n) is 9.16. The van der Waals surface area contributed by atoms with Gasteiger partial charge in [0, 0.05) is 30.3 Å². The maximum absolute atomic E-state index is 13.3. The fourth-order valence-corrected chi connectivity index (χ4v) is 3.52. The van der Waals surface area contributed by atoms with E-state index in [0.29, 0.717) is 18.4 Å². The van der Waals surface area contributed by atoms with E-state index in [1.807, 2.05) is 0 Å². The molecule has 0 saturated heterocycles. The number of fused-ring (bicyclic) bond motifs is 1. The quantitative estimate of drug-likeness (QED) is 0.642. The number of nitrogens with zero attached hydrogens (tertiary/aromatic N) is 3. The van der Waals surface area contributed by atoms with Crippen LogP contribution in [0.1, 0.15) is 35.3 Å². The van der Waals surface area contributed by atoms with Crippen LogP contribution in [0.3, 0.4) is 0 Å². The van der Waals surface area contributed by atoms with Gasteiger partial charge in [-0.2, -0.15) is 0 Å². The van der Waals surface area contributed by atoms with Gasteiger partial charge in [-0.15, -0.1) is 8.78 Å². The van der Waals surface area contributed by atoms with Crippen LogP contribution in [0.15, 0.2) is 47.5 Å². The number of ether oxygens (including phenoxy) is 2. The summed E-state index contributed by atoms with van der Waals surface area (Å²) in [4.78, 5) is 39.7. The Balaban J connectivity index is 1.41. The van der Waals surface area contributed by atoms with Crippen LogP contribution in [0.5, 0.6) is 11.5 Å². The fraction of sp³-hybridized carbons (Fsp3) is 0.250. The average molecular weight is 412 g/mol. The molecule has 1 aromatic carbocycles.